The monoisotopic (exact) mass is 315 g/mol. The minimum atomic E-state index is -0.896. The van der Waals surface area contributed by atoms with E-state index in [0.717, 1.165) is 5.84 Å². The third kappa shape index (κ3) is 2.67. The minimum absolute atomic E-state index is 0.896. The Morgan fingerprint density at radius 1 is 1.14 bits per heavy atom. The topological polar surface area (TPSA) is 28.3 Å². The van der Waals surface area contributed by atoms with Crippen molar-refractivity contribution in [1.82, 2.24) is 0 Å². The number of rotatable bonds is 6. The van der Waals surface area contributed by atoms with Crippen molar-refractivity contribution in [3.05, 3.63) is 24.3 Å². The lowest BCUT2D eigenvalue weighted by atomic mass is 9.40. The van der Waals surface area contributed by atoms with Crippen LogP contribution in [-0.2, 0) is 0 Å². The van der Waals surface area contributed by atoms with Crippen molar-refractivity contribution in [1.29, 1.82) is 0 Å². The fourth-order valence-corrected chi connectivity index (χ4v) is 4.98. The normalized spacial score (nSPS) is 16.2. The summed E-state index contributed by atoms with van der Waals surface area (Å²) in [6, 6.07) is 8.75. The van der Waals surface area contributed by atoms with Gasteiger partial charge >= 0.3 is 6.42 Å². The molecular formula is C17H26BN3S. The number of nitrogens with one attached hydrogen (secondary N) is 1. The summed E-state index contributed by atoms with van der Waals surface area (Å²) in [5, 5.41) is 4.77. The second-order valence-corrected chi connectivity index (χ2v) is 7.53. The predicted octanol–water partition coefficient (Wildman–Crippen LogP) is 4.92. The van der Waals surface area contributed by atoms with Crippen LogP contribution in [0.3, 0.4) is 0 Å². The average molecular weight is 315 g/mol. The molecule has 3 rings (SSSR count). The zero-order valence-electron chi connectivity index (χ0n) is 13.9. The van der Waals surface area contributed by atoms with Crippen LogP contribution in [0, 0.1) is 0 Å². The first-order valence-corrected chi connectivity index (χ1v) is 9.47. The van der Waals surface area contributed by atoms with Crippen LogP contribution < -0.4 is 9.79 Å². The lowest BCUT2D eigenvalue weighted by molar-refractivity contribution is -0.499. The Balaban J connectivity index is 2.16. The molecule has 0 unspecified atom stereocenters. The fraction of sp³-hybridized carbons (Fsp3) is 0.529. The Hall–Kier alpha value is -1.36. The Labute approximate surface area is 137 Å². The number of benzene rings is 1. The van der Waals surface area contributed by atoms with Gasteiger partial charge in [0.1, 0.15) is 5.84 Å². The SMILES string of the molecule is CCCC[B-]1(CCCC)N=C(C)Nc2sc3ccccc3[n+]21. The van der Waals surface area contributed by atoms with Crippen LogP contribution in [0.4, 0.5) is 5.13 Å². The molecule has 0 amide bonds. The highest BCUT2D eigenvalue weighted by atomic mass is 32.1. The highest BCUT2D eigenvalue weighted by Gasteiger charge is 2.39. The van der Waals surface area contributed by atoms with E-state index in [2.05, 4.69) is 54.8 Å². The number of para-hydroxylation sites is 1. The lowest BCUT2D eigenvalue weighted by Gasteiger charge is -2.37. The van der Waals surface area contributed by atoms with Gasteiger partial charge in [-0.15, -0.1) is 12.6 Å². The van der Waals surface area contributed by atoms with Crippen LogP contribution in [-0.4, -0.2) is 12.3 Å². The van der Waals surface area contributed by atoms with Gasteiger partial charge in [0.25, 0.3) is 5.13 Å². The van der Waals surface area contributed by atoms with Gasteiger partial charge in [-0.05, 0) is 12.1 Å². The molecule has 0 atom stereocenters. The molecule has 1 aromatic carbocycles. The zero-order chi connectivity index (χ0) is 15.6. The van der Waals surface area contributed by atoms with Crippen molar-refractivity contribution < 1.29 is 4.48 Å². The molecule has 3 nitrogen and oxygen atoms in total. The van der Waals surface area contributed by atoms with Gasteiger partial charge in [0.05, 0.1) is 10.2 Å². The number of hydrogen-bond acceptors (Lipinski definition) is 3. The maximum absolute atomic E-state index is 5.19. The van der Waals surface area contributed by atoms with E-state index in [-0.39, 0.29) is 0 Å². The van der Waals surface area contributed by atoms with Crippen LogP contribution in [0.15, 0.2) is 29.2 Å². The number of hydrogen-bond donors (Lipinski definition) is 1. The molecule has 5 heteroatoms. The molecule has 0 saturated heterocycles. The molecule has 0 fully saturated rings. The van der Waals surface area contributed by atoms with Crippen LogP contribution in [0.25, 0.3) is 10.2 Å². The van der Waals surface area contributed by atoms with E-state index in [4.69, 9.17) is 4.90 Å². The summed E-state index contributed by atoms with van der Waals surface area (Å²) in [5.74, 6) is 1.08. The van der Waals surface area contributed by atoms with E-state index < -0.39 is 6.42 Å². The summed E-state index contributed by atoms with van der Waals surface area (Å²) in [7, 11) is 0. The average Bonchev–Trinajstić information content (AvgIpc) is 2.89. The molecule has 1 aliphatic heterocycles. The summed E-state index contributed by atoms with van der Waals surface area (Å²) in [5.41, 5.74) is 1.35. The van der Waals surface area contributed by atoms with Crippen molar-refractivity contribution >= 4 is 38.9 Å². The first-order valence-electron chi connectivity index (χ1n) is 8.65. The van der Waals surface area contributed by atoms with Crippen molar-refractivity contribution in [3.63, 3.8) is 0 Å². The summed E-state index contributed by atoms with van der Waals surface area (Å²) in [6.45, 7) is 6.67. The van der Waals surface area contributed by atoms with Crippen LogP contribution >= 0.6 is 11.3 Å². The molecule has 1 aromatic heterocycles. The fourth-order valence-electron chi connectivity index (χ4n) is 3.77. The van der Waals surface area contributed by atoms with E-state index >= 15 is 0 Å². The van der Waals surface area contributed by atoms with Gasteiger partial charge in [-0.1, -0.05) is 63.0 Å². The lowest BCUT2D eigenvalue weighted by Crippen LogP contribution is -2.66. The molecule has 1 aliphatic rings. The number of amidine groups is 1. The molecule has 0 saturated carbocycles. The molecule has 0 radical (unpaired) electrons. The Morgan fingerprint density at radius 2 is 1.82 bits per heavy atom. The number of nitrogens with zero attached hydrogens (tertiary/aromatic N) is 2. The smallest absolute Gasteiger partial charge is 0.303 e. The van der Waals surface area contributed by atoms with Crippen molar-refractivity contribution in [2.75, 3.05) is 5.32 Å². The van der Waals surface area contributed by atoms with Crippen LogP contribution in [0.5, 0.6) is 0 Å². The van der Waals surface area contributed by atoms with E-state index in [0.29, 0.717) is 0 Å². The van der Waals surface area contributed by atoms with Gasteiger partial charge in [-0.2, -0.15) is 0 Å². The third-order valence-electron chi connectivity index (χ3n) is 4.79. The maximum Gasteiger partial charge on any atom is 0.303 e. The largest absolute Gasteiger partial charge is 0.420 e. The predicted molar refractivity (Wildman–Crippen MR) is 99.3 cm³/mol. The van der Waals surface area contributed by atoms with Gasteiger partial charge in [0, 0.05) is 6.92 Å². The molecule has 22 heavy (non-hydrogen) atoms. The second-order valence-electron chi connectivity index (χ2n) is 6.50. The summed E-state index contributed by atoms with van der Waals surface area (Å²) in [4.78, 5) is 5.19. The Kier molecular flexibility index (Phi) is 4.53. The molecule has 118 valence electrons. The molecule has 0 bridgehead atoms. The van der Waals surface area contributed by atoms with E-state index in [1.165, 1.54) is 53.7 Å². The molecule has 2 aromatic rings. The molecule has 1 N–H and O–H groups in total. The van der Waals surface area contributed by atoms with Gasteiger partial charge < -0.3 is 9.38 Å². The minimum Gasteiger partial charge on any atom is -0.420 e. The van der Waals surface area contributed by atoms with E-state index in [1.807, 2.05) is 11.3 Å². The van der Waals surface area contributed by atoms with Gasteiger partial charge in [0.15, 0.2) is 0 Å². The Bertz CT molecular complexity index is 684. The van der Waals surface area contributed by atoms with Crippen LogP contribution in [0.2, 0.25) is 12.6 Å². The van der Waals surface area contributed by atoms with Crippen molar-refractivity contribution in [2.45, 2.75) is 59.1 Å². The first-order chi connectivity index (χ1) is 10.7. The van der Waals surface area contributed by atoms with Gasteiger partial charge in [-0.3, -0.25) is 0 Å². The second kappa shape index (κ2) is 6.41. The highest BCUT2D eigenvalue weighted by Crippen LogP contribution is 2.32. The van der Waals surface area contributed by atoms with Gasteiger partial charge in [-0.25, -0.2) is 5.32 Å². The first kappa shape index (κ1) is 15.5. The summed E-state index contributed by atoms with van der Waals surface area (Å²) >= 11 is 1.86. The van der Waals surface area contributed by atoms with E-state index in [9.17, 15) is 0 Å². The van der Waals surface area contributed by atoms with Crippen molar-refractivity contribution in [3.8, 4) is 0 Å². The molecule has 0 aliphatic carbocycles. The zero-order valence-corrected chi connectivity index (χ0v) is 14.7. The Morgan fingerprint density at radius 3 is 2.50 bits per heavy atom. The van der Waals surface area contributed by atoms with E-state index in [1.54, 1.807) is 0 Å². The summed E-state index contributed by atoms with van der Waals surface area (Å²) in [6.07, 6.45) is 6.44. The highest BCUT2D eigenvalue weighted by molar-refractivity contribution is 7.22. The van der Waals surface area contributed by atoms with Crippen LogP contribution in [0.1, 0.15) is 46.5 Å². The summed E-state index contributed by atoms with van der Waals surface area (Å²) < 4.78 is 3.90. The van der Waals surface area contributed by atoms with Gasteiger partial charge in [0.2, 0.25) is 0 Å². The number of aromatic nitrogens is 1. The number of unbranched alkanes of at least 4 members (excludes halogenated alkanes) is 2. The molecular weight excluding hydrogens is 289 g/mol. The molecule has 2 heterocycles. The number of anilines is 1. The third-order valence-corrected chi connectivity index (χ3v) is 5.85. The molecule has 0 spiro atoms. The maximum atomic E-state index is 5.19. The number of fused-ring (bicyclic) bond motifs is 3. The van der Waals surface area contributed by atoms with Crippen molar-refractivity contribution in [2.24, 2.45) is 4.90 Å². The quantitative estimate of drug-likeness (QED) is 0.753. The number of thiazole rings is 1. The standard InChI is InChI=1S/C17H26BN3S/c1-4-6-12-18(13-7-5-2)20-14(3)19-17-21(18)15-10-8-9-11-16(15)22-17/h8-11H,4-7,12-13H2,1-3H3,(H,19,20).